The normalized spacial score (nSPS) is 17.2. The summed E-state index contributed by atoms with van der Waals surface area (Å²) in [5.41, 5.74) is 4.89. The summed E-state index contributed by atoms with van der Waals surface area (Å²) in [6.07, 6.45) is 0.554. The van der Waals surface area contributed by atoms with Gasteiger partial charge in [0.2, 0.25) is 0 Å². The molecule has 0 aliphatic carbocycles. The molecule has 0 aromatic rings. The van der Waals surface area contributed by atoms with Crippen molar-refractivity contribution in [2.75, 3.05) is 19.8 Å². The number of carbonyl (C=O) groups is 1. The van der Waals surface area contributed by atoms with Gasteiger partial charge in [0.1, 0.15) is 0 Å². The van der Waals surface area contributed by atoms with Gasteiger partial charge in [-0.05, 0) is 26.2 Å². The fourth-order valence-corrected chi connectivity index (χ4v) is 1.39. The molecule has 0 spiro atoms. The van der Waals surface area contributed by atoms with Crippen molar-refractivity contribution in [3.05, 3.63) is 0 Å². The third-order valence-corrected chi connectivity index (χ3v) is 2.33. The summed E-state index contributed by atoms with van der Waals surface area (Å²) < 4.78 is 4.94. The maximum atomic E-state index is 11.6. The van der Waals surface area contributed by atoms with Crippen LogP contribution in [0.3, 0.4) is 0 Å². The number of rotatable bonds is 6. The molecule has 3 N–H and O–H groups in total. The second-order valence-electron chi connectivity index (χ2n) is 3.98. The average Bonchev–Trinajstić information content (AvgIpc) is 2.17. The monoisotopic (exact) mass is 203 g/mol. The summed E-state index contributed by atoms with van der Waals surface area (Å²) in [6.45, 7) is 6.10. The molecule has 14 heavy (non-hydrogen) atoms. The van der Waals surface area contributed by atoms with Crippen LogP contribution in [0.1, 0.15) is 27.2 Å². The zero-order valence-corrected chi connectivity index (χ0v) is 9.25. The van der Waals surface area contributed by atoms with E-state index in [0.29, 0.717) is 13.0 Å². The Morgan fingerprint density at radius 2 is 2.21 bits per heavy atom. The lowest BCUT2D eigenvalue weighted by atomic mass is 9.82. The highest BCUT2D eigenvalue weighted by molar-refractivity contribution is 5.76. The number of aliphatic hydroxyl groups is 1. The second-order valence-corrected chi connectivity index (χ2v) is 3.98. The number of nitrogens with two attached hydrogens (primary N) is 1. The van der Waals surface area contributed by atoms with Gasteiger partial charge < -0.3 is 15.6 Å². The van der Waals surface area contributed by atoms with Gasteiger partial charge in [-0.1, -0.05) is 6.92 Å². The topological polar surface area (TPSA) is 72.5 Å². The van der Waals surface area contributed by atoms with E-state index in [1.807, 2.05) is 6.92 Å². The van der Waals surface area contributed by atoms with E-state index in [1.165, 1.54) is 0 Å². The van der Waals surface area contributed by atoms with Crippen molar-refractivity contribution in [1.29, 1.82) is 0 Å². The fraction of sp³-hybridized carbons (Fsp3) is 0.900. The molecular formula is C10H21NO3. The fourth-order valence-electron chi connectivity index (χ4n) is 1.39. The molecule has 0 bridgehead atoms. The first-order valence-corrected chi connectivity index (χ1v) is 4.98. The molecule has 0 aromatic carbocycles. The smallest absolute Gasteiger partial charge is 0.313 e. The van der Waals surface area contributed by atoms with Gasteiger partial charge in [-0.2, -0.15) is 0 Å². The van der Waals surface area contributed by atoms with Gasteiger partial charge in [0.15, 0.2) is 0 Å². The zero-order valence-electron chi connectivity index (χ0n) is 9.25. The number of carbonyl (C=O) groups excluding carboxylic acids is 1. The van der Waals surface area contributed by atoms with Gasteiger partial charge in [0.25, 0.3) is 0 Å². The van der Waals surface area contributed by atoms with Crippen LogP contribution in [0.2, 0.25) is 0 Å². The number of aliphatic hydroxyl groups excluding tert-OH is 1. The van der Waals surface area contributed by atoms with E-state index < -0.39 is 5.41 Å². The molecule has 4 nitrogen and oxygen atoms in total. The maximum Gasteiger partial charge on any atom is 0.313 e. The molecular weight excluding hydrogens is 182 g/mol. The van der Waals surface area contributed by atoms with Crippen LogP contribution in [-0.4, -0.2) is 30.8 Å². The molecule has 0 aromatic heterocycles. The van der Waals surface area contributed by atoms with Crippen LogP contribution in [0.5, 0.6) is 0 Å². The molecule has 84 valence electrons. The Hall–Kier alpha value is -0.610. The Balaban J connectivity index is 4.37. The first-order valence-electron chi connectivity index (χ1n) is 4.98. The molecule has 4 heteroatoms. The van der Waals surface area contributed by atoms with Crippen LogP contribution in [-0.2, 0) is 9.53 Å². The molecule has 0 rings (SSSR count). The molecule has 0 saturated heterocycles. The molecule has 0 fully saturated rings. The van der Waals surface area contributed by atoms with Crippen LogP contribution in [0.15, 0.2) is 0 Å². The van der Waals surface area contributed by atoms with Gasteiger partial charge in [-0.3, -0.25) is 4.79 Å². The Morgan fingerprint density at radius 1 is 1.64 bits per heavy atom. The van der Waals surface area contributed by atoms with Crippen molar-refractivity contribution in [3.8, 4) is 0 Å². The van der Waals surface area contributed by atoms with Crippen molar-refractivity contribution < 1.29 is 14.6 Å². The predicted molar refractivity (Wildman–Crippen MR) is 54.7 cm³/mol. The molecule has 0 radical (unpaired) electrons. The predicted octanol–water partition coefficient (Wildman–Crippen LogP) is 0.533. The molecule has 0 aliphatic rings. The van der Waals surface area contributed by atoms with E-state index in [9.17, 15) is 4.79 Å². The quantitative estimate of drug-likeness (QED) is 0.618. The molecule has 2 unspecified atom stereocenters. The minimum absolute atomic E-state index is 0.0629. The third kappa shape index (κ3) is 3.64. The van der Waals surface area contributed by atoms with Crippen molar-refractivity contribution in [1.82, 2.24) is 0 Å². The summed E-state index contributed by atoms with van der Waals surface area (Å²) in [4.78, 5) is 11.6. The van der Waals surface area contributed by atoms with E-state index in [1.54, 1.807) is 13.8 Å². The lowest BCUT2D eigenvalue weighted by Gasteiger charge is -2.27. The van der Waals surface area contributed by atoms with Crippen LogP contribution < -0.4 is 5.73 Å². The molecule has 0 heterocycles. The van der Waals surface area contributed by atoms with Crippen molar-refractivity contribution in [2.45, 2.75) is 27.2 Å². The maximum absolute atomic E-state index is 11.6. The first kappa shape index (κ1) is 13.4. The Kier molecular flexibility index (Phi) is 5.72. The van der Waals surface area contributed by atoms with Crippen LogP contribution >= 0.6 is 0 Å². The van der Waals surface area contributed by atoms with Crippen molar-refractivity contribution in [3.63, 3.8) is 0 Å². The van der Waals surface area contributed by atoms with Crippen molar-refractivity contribution in [2.24, 2.45) is 17.1 Å². The SMILES string of the molecule is CCOC(=O)C(C)(CN)CC(C)CO. The molecule has 2 atom stereocenters. The Morgan fingerprint density at radius 3 is 2.57 bits per heavy atom. The lowest BCUT2D eigenvalue weighted by Crippen LogP contribution is -2.39. The standard InChI is InChI=1S/C10H21NO3/c1-4-14-9(13)10(3,7-11)5-8(2)6-12/h8,12H,4-7,11H2,1-3H3. The van der Waals surface area contributed by atoms with Crippen molar-refractivity contribution >= 4 is 5.97 Å². The third-order valence-electron chi connectivity index (χ3n) is 2.33. The summed E-state index contributed by atoms with van der Waals surface area (Å²) in [5, 5.41) is 8.91. The van der Waals surface area contributed by atoms with E-state index >= 15 is 0 Å². The lowest BCUT2D eigenvalue weighted by molar-refractivity contribution is -0.155. The molecule has 0 aliphatic heterocycles. The van der Waals surface area contributed by atoms with Crippen LogP contribution in [0.4, 0.5) is 0 Å². The second kappa shape index (κ2) is 5.98. The number of esters is 1. The highest BCUT2D eigenvalue weighted by Gasteiger charge is 2.34. The van der Waals surface area contributed by atoms with Gasteiger partial charge in [0, 0.05) is 13.2 Å². The highest BCUT2D eigenvalue weighted by Crippen LogP contribution is 2.26. The minimum atomic E-state index is -0.668. The summed E-state index contributed by atoms with van der Waals surface area (Å²) in [6, 6.07) is 0. The largest absolute Gasteiger partial charge is 0.466 e. The van der Waals surface area contributed by atoms with Gasteiger partial charge in [0.05, 0.1) is 12.0 Å². The number of hydrogen-bond acceptors (Lipinski definition) is 4. The number of ether oxygens (including phenoxy) is 1. The van der Waals surface area contributed by atoms with Crippen LogP contribution in [0, 0.1) is 11.3 Å². The van der Waals surface area contributed by atoms with E-state index in [4.69, 9.17) is 15.6 Å². The molecule has 0 saturated carbocycles. The summed E-state index contributed by atoms with van der Waals surface area (Å²) >= 11 is 0. The Labute approximate surface area is 85.4 Å². The summed E-state index contributed by atoms with van der Waals surface area (Å²) in [5.74, 6) is -0.212. The van der Waals surface area contributed by atoms with Gasteiger partial charge in [-0.25, -0.2) is 0 Å². The zero-order chi connectivity index (χ0) is 11.2. The van der Waals surface area contributed by atoms with E-state index in [-0.39, 0.29) is 25.0 Å². The molecule has 0 amide bonds. The van der Waals surface area contributed by atoms with E-state index in [0.717, 1.165) is 0 Å². The summed E-state index contributed by atoms with van der Waals surface area (Å²) in [7, 11) is 0. The Bertz CT molecular complexity index is 184. The first-order chi connectivity index (χ1) is 6.50. The average molecular weight is 203 g/mol. The van der Waals surface area contributed by atoms with Gasteiger partial charge >= 0.3 is 5.97 Å². The minimum Gasteiger partial charge on any atom is -0.466 e. The highest BCUT2D eigenvalue weighted by atomic mass is 16.5. The van der Waals surface area contributed by atoms with Gasteiger partial charge in [-0.15, -0.1) is 0 Å². The van der Waals surface area contributed by atoms with Crippen LogP contribution in [0.25, 0.3) is 0 Å². The number of hydrogen-bond donors (Lipinski definition) is 2. The van der Waals surface area contributed by atoms with E-state index in [2.05, 4.69) is 0 Å².